The molecule has 0 spiro atoms. The van der Waals surface area contributed by atoms with Crippen molar-refractivity contribution in [2.24, 2.45) is 11.8 Å². The van der Waals surface area contributed by atoms with Crippen molar-refractivity contribution in [3.05, 3.63) is 0 Å². The molecular weight excluding hydrogens is 294 g/mol. The normalized spacial score (nSPS) is 34.9. The van der Waals surface area contributed by atoms with Crippen LogP contribution in [0, 0.1) is 5.92 Å². The topological polar surface area (TPSA) is 75.4 Å². The van der Waals surface area contributed by atoms with E-state index in [9.17, 15) is 8.42 Å². The summed E-state index contributed by atoms with van der Waals surface area (Å²) in [6.07, 6.45) is 5.00. The second-order valence-corrected chi connectivity index (χ2v) is 9.67. The monoisotopic (exact) mass is 321 g/mol. The number of sulfone groups is 1. The van der Waals surface area contributed by atoms with Crippen LogP contribution in [0.4, 0.5) is 0 Å². The molecule has 2 aliphatic rings. The fourth-order valence-corrected chi connectivity index (χ4v) is 6.02. The number of hydrogen-bond donors (Lipinski definition) is 2. The van der Waals surface area contributed by atoms with Crippen molar-refractivity contribution < 1.29 is 8.42 Å². The van der Waals surface area contributed by atoms with Gasteiger partial charge < -0.3 is 4.90 Å². The van der Waals surface area contributed by atoms with Crippen LogP contribution in [0.15, 0.2) is 0 Å². The maximum absolute atomic E-state index is 11.8. The van der Waals surface area contributed by atoms with Crippen LogP contribution in [0.2, 0.25) is 0 Å². The molecule has 0 radical (unpaired) electrons. The molecule has 0 aromatic heterocycles. The third kappa shape index (κ3) is 3.88. The fraction of sp³-hybridized carbons (Fsp3) is 1.00. The summed E-state index contributed by atoms with van der Waals surface area (Å²) in [6, 6.07) is 0.597. The number of rotatable bonds is 4. The van der Waals surface area contributed by atoms with Crippen molar-refractivity contribution in [1.82, 2.24) is 10.3 Å². The van der Waals surface area contributed by atoms with Gasteiger partial charge in [0.1, 0.15) is 9.84 Å². The molecule has 0 amide bonds. The molecule has 4 unspecified atom stereocenters. The first kappa shape index (κ1) is 16.5. The lowest BCUT2D eigenvalue weighted by Crippen LogP contribution is -2.58. The lowest BCUT2D eigenvalue weighted by atomic mass is 9.81. The van der Waals surface area contributed by atoms with Gasteiger partial charge in [-0.1, -0.05) is 6.42 Å². The van der Waals surface area contributed by atoms with Gasteiger partial charge in [-0.15, -0.1) is 0 Å². The zero-order valence-electron chi connectivity index (χ0n) is 12.4. The lowest BCUT2D eigenvalue weighted by molar-refractivity contribution is 0.152. The van der Waals surface area contributed by atoms with Crippen LogP contribution >= 0.6 is 11.8 Å². The van der Waals surface area contributed by atoms with Crippen molar-refractivity contribution in [3.8, 4) is 0 Å². The third-order valence-electron chi connectivity index (χ3n) is 4.83. The van der Waals surface area contributed by atoms with E-state index in [0.29, 0.717) is 12.0 Å². The Balaban J connectivity index is 2.06. The highest BCUT2D eigenvalue weighted by atomic mass is 32.2. The van der Waals surface area contributed by atoms with Crippen LogP contribution in [-0.4, -0.2) is 62.0 Å². The van der Waals surface area contributed by atoms with E-state index >= 15 is 0 Å². The first-order valence-electron chi connectivity index (χ1n) is 7.36. The van der Waals surface area contributed by atoms with Gasteiger partial charge >= 0.3 is 0 Å². The molecule has 4 atom stereocenters. The number of hydrazine groups is 1. The zero-order chi connectivity index (χ0) is 14.8. The van der Waals surface area contributed by atoms with Gasteiger partial charge in [-0.2, -0.15) is 11.8 Å². The zero-order valence-corrected chi connectivity index (χ0v) is 14.0. The van der Waals surface area contributed by atoms with Gasteiger partial charge in [0.15, 0.2) is 0 Å². The molecule has 1 aliphatic carbocycles. The molecular formula is C13H27N3O2S2. The smallest absolute Gasteiger partial charge is 0.150 e. The maximum Gasteiger partial charge on any atom is 0.150 e. The van der Waals surface area contributed by atoms with E-state index in [1.54, 1.807) is 0 Å². The molecule has 1 saturated heterocycles. The highest BCUT2D eigenvalue weighted by Crippen LogP contribution is 2.33. The van der Waals surface area contributed by atoms with Crippen molar-refractivity contribution in [3.63, 3.8) is 0 Å². The Kier molecular flexibility index (Phi) is 5.76. The molecule has 1 aliphatic heterocycles. The highest BCUT2D eigenvalue weighted by molar-refractivity contribution is 7.99. The van der Waals surface area contributed by atoms with E-state index in [0.717, 1.165) is 38.0 Å². The number of hydrogen-bond acceptors (Lipinski definition) is 6. The molecule has 118 valence electrons. The van der Waals surface area contributed by atoms with E-state index in [1.165, 1.54) is 12.0 Å². The Morgan fingerprint density at radius 3 is 2.75 bits per heavy atom. The molecule has 2 rings (SSSR count). The van der Waals surface area contributed by atoms with E-state index in [2.05, 4.69) is 17.4 Å². The van der Waals surface area contributed by atoms with Crippen molar-refractivity contribution >= 4 is 21.6 Å². The summed E-state index contributed by atoms with van der Waals surface area (Å²) in [5.74, 6) is 8.42. The Labute approximate surface area is 126 Å². The van der Waals surface area contributed by atoms with Gasteiger partial charge in [0.2, 0.25) is 0 Å². The second-order valence-electron chi connectivity index (χ2n) is 6.19. The van der Waals surface area contributed by atoms with E-state index in [4.69, 9.17) is 5.84 Å². The molecule has 7 heteroatoms. The SMILES string of the molecule is CN1CCSCC1C(NN)C1CCCC(S(C)(=O)=O)C1. The van der Waals surface area contributed by atoms with Crippen molar-refractivity contribution in [2.75, 3.05) is 31.4 Å². The van der Waals surface area contributed by atoms with Gasteiger partial charge in [-0.05, 0) is 32.2 Å². The van der Waals surface area contributed by atoms with E-state index in [-0.39, 0.29) is 11.3 Å². The van der Waals surface area contributed by atoms with Gasteiger partial charge in [0.25, 0.3) is 0 Å². The maximum atomic E-state index is 11.8. The Morgan fingerprint density at radius 2 is 2.15 bits per heavy atom. The number of thioether (sulfide) groups is 1. The van der Waals surface area contributed by atoms with Crippen molar-refractivity contribution in [2.45, 2.75) is 43.0 Å². The average Bonchev–Trinajstić information content (AvgIpc) is 2.41. The van der Waals surface area contributed by atoms with Crippen LogP contribution in [0.3, 0.4) is 0 Å². The largest absolute Gasteiger partial charge is 0.300 e. The van der Waals surface area contributed by atoms with Gasteiger partial charge in [0.05, 0.1) is 5.25 Å². The van der Waals surface area contributed by atoms with Crippen LogP contribution in [0.5, 0.6) is 0 Å². The molecule has 20 heavy (non-hydrogen) atoms. The Hall–Kier alpha value is 0.180. The van der Waals surface area contributed by atoms with E-state index in [1.807, 2.05) is 11.8 Å². The molecule has 0 bridgehead atoms. The Bertz CT molecular complexity index is 416. The fourth-order valence-electron chi connectivity index (χ4n) is 3.54. The molecule has 0 aromatic carbocycles. The molecule has 0 aromatic rings. The average molecular weight is 322 g/mol. The van der Waals surface area contributed by atoms with Gasteiger partial charge in [0, 0.05) is 36.4 Å². The third-order valence-corrected chi connectivity index (χ3v) is 7.52. The molecule has 1 saturated carbocycles. The van der Waals surface area contributed by atoms with Crippen LogP contribution in [-0.2, 0) is 9.84 Å². The minimum atomic E-state index is -2.93. The summed E-state index contributed by atoms with van der Waals surface area (Å²) in [6.45, 7) is 1.08. The van der Waals surface area contributed by atoms with Crippen LogP contribution < -0.4 is 11.3 Å². The summed E-state index contributed by atoms with van der Waals surface area (Å²) in [5.41, 5.74) is 2.99. The highest BCUT2D eigenvalue weighted by Gasteiger charge is 2.38. The molecule has 3 N–H and O–H groups in total. The van der Waals surface area contributed by atoms with Gasteiger partial charge in [-0.25, -0.2) is 8.42 Å². The molecule has 1 heterocycles. The van der Waals surface area contributed by atoms with Gasteiger partial charge in [-0.3, -0.25) is 11.3 Å². The number of nitrogens with two attached hydrogens (primary N) is 1. The van der Waals surface area contributed by atoms with Crippen molar-refractivity contribution in [1.29, 1.82) is 0 Å². The number of nitrogens with zero attached hydrogens (tertiary/aromatic N) is 1. The number of nitrogens with one attached hydrogen (secondary N) is 1. The Morgan fingerprint density at radius 1 is 1.40 bits per heavy atom. The molecule has 2 fully saturated rings. The standard InChI is InChI=1S/C13H27N3O2S2/c1-16-6-7-19-9-12(16)13(15-14)10-4-3-5-11(8-10)20(2,17)18/h10-13,15H,3-9,14H2,1-2H3. The summed E-state index contributed by atoms with van der Waals surface area (Å²) in [7, 11) is -0.788. The van der Waals surface area contributed by atoms with Crippen LogP contribution in [0.1, 0.15) is 25.7 Å². The summed E-state index contributed by atoms with van der Waals surface area (Å²) >= 11 is 1.97. The quantitative estimate of drug-likeness (QED) is 0.579. The van der Waals surface area contributed by atoms with E-state index < -0.39 is 9.84 Å². The predicted molar refractivity (Wildman–Crippen MR) is 85.4 cm³/mol. The summed E-state index contributed by atoms with van der Waals surface area (Å²) in [4.78, 5) is 2.37. The minimum absolute atomic E-state index is 0.182. The minimum Gasteiger partial charge on any atom is -0.300 e. The van der Waals surface area contributed by atoms with Crippen LogP contribution in [0.25, 0.3) is 0 Å². The second kappa shape index (κ2) is 6.96. The first-order valence-corrected chi connectivity index (χ1v) is 10.5. The summed E-state index contributed by atoms with van der Waals surface area (Å²) in [5, 5.41) is -0.182. The first-order chi connectivity index (χ1) is 9.43. The summed E-state index contributed by atoms with van der Waals surface area (Å²) < 4.78 is 23.6. The molecule has 5 nitrogen and oxygen atoms in total. The lowest BCUT2D eigenvalue weighted by Gasteiger charge is -2.43. The number of likely N-dealkylation sites (N-methyl/N-ethyl adjacent to an activating group) is 1. The predicted octanol–water partition coefficient (Wildman–Crippen LogP) is 0.469.